The Morgan fingerprint density at radius 3 is 2.64 bits per heavy atom. The first kappa shape index (κ1) is 18.8. The summed E-state index contributed by atoms with van der Waals surface area (Å²) in [6.07, 6.45) is 0. The molecule has 0 radical (unpaired) electrons. The average Bonchev–Trinajstić information content (AvgIpc) is 3.15. The van der Waals surface area contributed by atoms with Crippen molar-refractivity contribution in [3.63, 3.8) is 0 Å². The van der Waals surface area contributed by atoms with Gasteiger partial charge in [-0.25, -0.2) is 4.39 Å². The number of halogens is 2. The lowest BCUT2D eigenvalue weighted by Crippen LogP contribution is -2.49. The van der Waals surface area contributed by atoms with E-state index in [4.69, 9.17) is 16.3 Å². The second kappa shape index (κ2) is 8.20. The molecule has 2 heterocycles. The van der Waals surface area contributed by atoms with E-state index in [2.05, 4.69) is 9.88 Å². The summed E-state index contributed by atoms with van der Waals surface area (Å²) >= 11 is 5.76. The van der Waals surface area contributed by atoms with E-state index in [1.54, 1.807) is 6.07 Å². The molecule has 1 N–H and O–H groups in total. The molecule has 146 valence electrons. The molecular weight excluding hydrogens is 381 g/mol. The number of rotatable bonds is 5. The lowest BCUT2D eigenvalue weighted by molar-refractivity contribution is 0.0615. The number of fused-ring (bicyclic) bond motifs is 1. The van der Waals surface area contributed by atoms with Gasteiger partial charge in [0.25, 0.3) is 5.91 Å². The molecule has 28 heavy (non-hydrogen) atoms. The van der Waals surface area contributed by atoms with Crippen molar-refractivity contribution in [3.05, 3.63) is 65.1 Å². The Morgan fingerprint density at radius 2 is 1.89 bits per heavy atom. The molecule has 1 aliphatic rings. The van der Waals surface area contributed by atoms with E-state index in [0.717, 1.165) is 30.5 Å². The standard InChI is InChI=1S/C21H21ClFN3O2/c22-17-14-16(5-6-18(17)23)28-12-11-25-7-9-26(10-8-25)21(27)20-13-15-3-1-2-4-19(15)24-20/h1-6,13-14,24H,7-12H2. The van der Waals surface area contributed by atoms with Crippen LogP contribution in [0.5, 0.6) is 5.75 Å². The van der Waals surface area contributed by atoms with Crippen molar-refractivity contribution in [2.24, 2.45) is 0 Å². The molecule has 1 aromatic heterocycles. The Balaban J connectivity index is 1.26. The van der Waals surface area contributed by atoms with Crippen molar-refractivity contribution in [3.8, 4) is 5.75 Å². The molecule has 3 aromatic rings. The fourth-order valence-electron chi connectivity index (χ4n) is 3.39. The number of aromatic nitrogens is 1. The summed E-state index contributed by atoms with van der Waals surface area (Å²) in [4.78, 5) is 20.1. The Kier molecular flexibility index (Phi) is 5.50. The molecule has 2 aromatic carbocycles. The molecular formula is C21H21ClFN3O2. The maximum atomic E-state index is 13.2. The number of hydrogen-bond acceptors (Lipinski definition) is 3. The number of nitrogens with zero attached hydrogens (tertiary/aromatic N) is 2. The third-order valence-corrected chi connectivity index (χ3v) is 5.28. The Hall–Kier alpha value is -2.57. The second-order valence-corrected chi connectivity index (χ2v) is 7.24. The predicted octanol–water partition coefficient (Wildman–Crippen LogP) is 3.80. The van der Waals surface area contributed by atoms with Gasteiger partial charge in [-0.05, 0) is 24.3 Å². The third-order valence-electron chi connectivity index (χ3n) is 4.99. The molecule has 0 unspecified atom stereocenters. The van der Waals surface area contributed by atoms with E-state index in [-0.39, 0.29) is 10.9 Å². The number of aromatic amines is 1. The predicted molar refractivity (Wildman–Crippen MR) is 108 cm³/mol. The first-order chi connectivity index (χ1) is 13.6. The van der Waals surface area contributed by atoms with Gasteiger partial charge in [0.05, 0.1) is 5.02 Å². The lowest BCUT2D eigenvalue weighted by Gasteiger charge is -2.34. The molecule has 0 spiro atoms. The zero-order valence-corrected chi connectivity index (χ0v) is 16.1. The van der Waals surface area contributed by atoms with Crippen LogP contribution in [0.4, 0.5) is 4.39 Å². The van der Waals surface area contributed by atoms with E-state index in [0.29, 0.717) is 31.1 Å². The molecule has 5 nitrogen and oxygen atoms in total. The van der Waals surface area contributed by atoms with Crippen LogP contribution in [0.2, 0.25) is 5.02 Å². The second-order valence-electron chi connectivity index (χ2n) is 6.83. The lowest BCUT2D eigenvalue weighted by atomic mass is 10.2. The van der Waals surface area contributed by atoms with Gasteiger partial charge in [0.2, 0.25) is 0 Å². The smallest absolute Gasteiger partial charge is 0.270 e. The quantitative estimate of drug-likeness (QED) is 0.707. The van der Waals surface area contributed by atoms with Crippen LogP contribution in [0.1, 0.15) is 10.5 Å². The van der Waals surface area contributed by atoms with Crippen molar-refractivity contribution in [1.29, 1.82) is 0 Å². The number of ether oxygens (including phenoxy) is 1. The normalized spacial score (nSPS) is 15.1. The molecule has 1 fully saturated rings. The summed E-state index contributed by atoms with van der Waals surface area (Å²) in [7, 11) is 0. The van der Waals surface area contributed by atoms with Crippen LogP contribution in [0.25, 0.3) is 10.9 Å². The number of nitrogens with one attached hydrogen (secondary N) is 1. The molecule has 0 atom stereocenters. The monoisotopic (exact) mass is 401 g/mol. The van der Waals surface area contributed by atoms with Gasteiger partial charge in [0.15, 0.2) is 0 Å². The maximum Gasteiger partial charge on any atom is 0.270 e. The highest BCUT2D eigenvalue weighted by molar-refractivity contribution is 6.30. The van der Waals surface area contributed by atoms with Crippen molar-refractivity contribution < 1.29 is 13.9 Å². The van der Waals surface area contributed by atoms with Crippen LogP contribution < -0.4 is 4.74 Å². The molecule has 1 saturated heterocycles. The van der Waals surface area contributed by atoms with E-state index >= 15 is 0 Å². The van der Waals surface area contributed by atoms with Gasteiger partial charge >= 0.3 is 0 Å². The zero-order valence-electron chi connectivity index (χ0n) is 15.3. The van der Waals surface area contributed by atoms with Gasteiger partial charge in [-0.15, -0.1) is 0 Å². The molecule has 1 aliphatic heterocycles. The van der Waals surface area contributed by atoms with Gasteiger partial charge in [-0.2, -0.15) is 0 Å². The number of carbonyl (C=O) groups is 1. The van der Waals surface area contributed by atoms with Gasteiger partial charge in [-0.1, -0.05) is 29.8 Å². The Morgan fingerprint density at radius 1 is 1.11 bits per heavy atom. The maximum absolute atomic E-state index is 13.2. The number of benzene rings is 2. The Bertz CT molecular complexity index is 950. The first-order valence-corrected chi connectivity index (χ1v) is 9.65. The summed E-state index contributed by atoms with van der Waals surface area (Å²) in [5, 5.41) is 1.10. The fraction of sp³-hybridized carbons (Fsp3) is 0.286. The topological polar surface area (TPSA) is 48.6 Å². The van der Waals surface area contributed by atoms with Crippen LogP contribution in [0.15, 0.2) is 48.5 Å². The highest BCUT2D eigenvalue weighted by atomic mass is 35.5. The van der Waals surface area contributed by atoms with Gasteiger partial charge in [0, 0.05) is 49.7 Å². The molecule has 4 rings (SSSR count). The van der Waals surface area contributed by atoms with E-state index in [1.807, 2.05) is 35.2 Å². The SMILES string of the molecule is O=C(c1cc2ccccc2[nH]1)N1CCN(CCOc2ccc(F)c(Cl)c2)CC1. The van der Waals surface area contributed by atoms with Gasteiger partial charge < -0.3 is 14.6 Å². The highest BCUT2D eigenvalue weighted by Crippen LogP contribution is 2.21. The molecule has 7 heteroatoms. The zero-order chi connectivity index (χ0) is 19.5. The summed E-state index contributed by atoms with van der Waals surface area (Å²) in [5.41, 5.74) is 1.61. The summed E-state index contributed by atoms with van der Waals surface area (Å²) < 4.78 is 18.8. The van der Waals surface area contributed by atoms with Crippen LogP contribution >= 0.6 is 11.6 Å². The minimum Gasteiger partial charge on any atom is -0.492 e. The highest BCUT2D eigenvalue weighted by Gasteiger charge is 2.23. The van der Waals surface area contributed by atoms with Crippen LogP contribution in [-0.2, 0) is 0 Å². The van der Waals surface area contributed by atoms with E-state index in [1.165, 1.54) is 12.1 Å². The van der Waals surface area contributed by atoms with E-state index < -0.39 is 5.82 Å². The number of carbonyl (C=O) groups excluding carboxylic acids is 1. The largest absolute Gasteiger partial charge is 0.492 e. The third kappa shape index (κ3) is 4.13. The van der Waals surface area contributed by atoms with Gasteiger partial charge in [0.1, 0.15) is 23.9 Å². The molecule has 1 amide bonds. The van der Waals surface area contributed by atoms with Crippen LogP contribution in [0.3, 0.4) is 0 Å². The van der Waals surface area contributed by atoms with Crippen molar-refractivity contribution in [2.75, 3.05) is 39.3 Å². The average molecular weight is 402 g/mol. The fourth-order valence-corrected chi connectivity index (χ4v) is 3.56. The van der Waals surface area contributed by atoms with E-state index in [9.17, 15) is 9.18 Å². The van der Waals surface area contributed by atoms with Gasteiger partial charge in [-0.3, -0.25) is 9.69 Å². The van der Waals surface area contributed by atoms with Crippen LogP contribution in [-0.4, -0.2) is 60.0 Å². The minimum absolute atomic E-state index is 0.0352. The Labute approximate surface area is 167 Å². The number of amides is 1. The number of para-hydroxylation sites is 1. The minimum atomic E-state index is -0.454. The first-order valence-electron chi connectivity index (χ1n) is 9.27. The number of hydrogen-bond donors (Lipinski definition) is 1. The summed E-state index contributed by atoms with van der Waals surface area (Å²) in [6.45, 7) is 4.16. The molecule has 0 bridgehead atoms. The molecule has 0 saturated carbocycles. The van der Waals surface area contributed by atoms with Crippen molar-refractivity contribution >= 4 is 28.4 Å². The number of piperazine rings is 1. The van der Waals surface area contributed by atoms with Crippen molar-refractivity contribution in [1.82, 2.24) is 14.8 Å². The summed E-state index contributed by atoms with van der Waals surface area (Å²) in [5.74, 6) is 0.136. The number of H-pyrrole nitrogens is 1. The van der Waals surface area contributed by atoms with Crippen LogP contribution in [0, 0.1) is 5.82 Å². The molecule has 0 aliphatic carbocycles. The van der Waals surface area contributed by atoms with Crippen molar-refractivity contribution in [2.45, 2.75) is 0 Å². The summed E-state index contributed by atoms with van der Waals surface area (Å²) in [6, 6.07) is 14.1.